The Balaban J connectivity index is 2.35. The summed E-state index contributed by atoms with van der Waals surface area (Å²) in [7, 11) is 1.65. The lowest BCUT2D eigenvalue weighted by atomic mass is 10.1. The number of methoxy groups -OCH3 is 1. The molecule has 0 fully saturated rings. The Bertz CT molecular complexity index is 638. The van der Waals surface area contributed by atoms with Crippen molar-refractivity contribution in [3.05, 3.63) is 52.8 Å². The maximum absolute atomic E-state index is 9.20. The summed E-state index contributed by atoms with van der Waals surface area (Å²) >= 11 is 0. The Morgan fingerprint density at radius 1 is 1.35 bits per heavy atom. The third kappa shape index (κ3) is 3.01. The second-order valence-corrected chi connectivity index (χ2v) is 4.85. The summed E-state index contributed by atoms with van der Waals surface area (Å²) in [5, 5.41) is 9.20. The van der Waals surface area contributed by atoms with E-state index in [-0.39, 0.29) is 0 Å². The molecule has 0 amide bonds. The molecule has 0 saturated heterocycles. The summed E-state index contributed by atoms with van der Waals surface area (Å²) in [6.07, 6.45) is 0.721. The summed E-state index contributed by atoms with van der Waals surface area (Å²) in [4.78, 5) is 0. The summed E-state index contributed by atoms with van der Waals surface area (Å²) in [6, 6.07) is 12.2. The first-order valence-electron chi connectivity index (χ1n) is 6.58. The second kappa shape index (κ2) is 6.27. The van der Waals surface area contributed by atoms with Gasteiger partial charge in [-0.1, -0.05) is 29.8 Å². The lowest BCUT2D eigenvalue weighted by Gasteiger charge is -2.11. The first-order chi connectivity index (χ1) is 9.65. The van der Waals surface area contributed by atoms with E-state index in [9.17, 15) is 5.26 Å². The van der Waals surface area contributed by atoms with Crippen molar-refractivity contribution in [3.8, 4) is 6.07 Å². The molecule has 0 aliphatic heterocycles. The van der Waals surface area contributed by atoms with Gasteiger partial charge in [-0.15, -0.1) is 0 Å². The van der Waals surface area contributed by atoms with Gasteiger partial charge in [0.05, 0.1) is 12.3 Å². The van der Waals surface area contributed by atoms with Gasteiger partial charge in [0.25, 0.3) is 0 Å². The number of nitrogens with zero attached hydrogens (tertiary/aromatic N) is 2. The van der Waals surface area contributed by atoms with Crippen molar-refractivity contribution in [2.45, 2.75) is 19.9 Å². The van der Waals surface area contributed by atoms with E-state index in [1.54, 1.807) is 13.2 Å². The maximum atomic E-state index is 9.20. The number of aryl methyl sites for hydroxylation is 1. The molecule has 104 valence electrons. The Kier molecular flexibility index (Phi) is 4.44. The molecule has 0 unspecified atom stereocenters. The van der Waals surface area contributed by atoms with Crippen LogP contribution in [-0.2, 0) is 17.7 Å². The number of hydrogen-bond donors (Lipinski definition) is 1. The normalized spacial score (nSPS) is 10.4. The van der Waals surface area contributed by atoms with E-state index in [1.807, 2.05) is 10.6 Å². The van der Waals surface area contributed by atoms with Gasteiger partial charge >= 0.3 is 0 Å². The van der Waals surface area contributed by atoms with E-state index < -0.39 is 0 Å². The van der Waals surface area contributed by atoms with Gasteiger partial charge in [-0.3, -0.25) is 0 Å². The van der Waals surface area contributed by atoms with Gasteiger partial charge in [0.2, 0.25) is 0 Å². The molecule has 1 aromatic heterocycles. The highest BCUT2D eigenvalue weighted by atomic mass is 16.5. The van der Waals surface area contributed by atoms with Crippen LogP contribution in [0.5, 0.6) is 0 Å². The van der Waals surface area contributed by atoms with E-state index >= 15 is 0 Å². The zero-order valence-corrected chi connectivity index (χ0v) is 11.9. The Morgan fingerprint density at radius 2 is 2.15 bits per heavy atom. The van der Waals surface area contributed by atoms with Crippen LogP contribution in [0.15, 0.2) is 30.3 Å². The van der Waals surface area contributed by atoms with E-state index in [0.29, 0.717) is 24.5 Å². The predicted octanol–water partition coefficient (Wildman–Crippen LogP) is 2.49. The summed E-state index contributed by atoms with van der Waals surface area (Å²) in [5.74, 6) is 0. The second-order valence-electron chi connectivity index (χ2n) is 4.85. The number of anilines is 1. The Labute approximate surface area is 119 Å². The number of benzene rings is 1. The Hall–Kier alpha value is -2.25. The van der Waals surface area contributed by atoms with E-state index in [1.165, 1.54) is 11.1 Å². The molecule has 4 nitrogen and oxygen atoms in total. The quantitative estimate of drug-likeness (QED) is 0.907. The standard InChI is InChI=1S/C16H19N3O/c1-12-4-3-5-13(8-12)9-16-15(18)10-14(11-17)19(16)6-7-20-2/h3-5,8,10H,6-7,9,18H2,1-2H3. The smallest absolute Gasteiger partial charge is 0.122 e. The zero-order chi connectivity index (χ0) is 14.5. The highest BCUT2D eigenvalue weighted by Crippen LogP contribution is 2.22. The molecule has 1 aromatic carbocycles. The van der Waals surface area contributed by atoms with E-state index in [2.05, 4.69) is 31.2 Å². The number of nitrogen functional groups attached to an aromatic ring is 1. The fourth-order valence-corrected chi connectivity index (χ4v) is 2.35. The van der Waals surface area contributed by atoms with Gasteiger partial charge < -0.3 is 15.0 Å². The lowest BCUT2D eigenvalue weighted by Crippen LogP contribution is -2.11. The number of nitrogens with two attached hydrogens (primary N) is 1. The van der Waals surface area contributed by atoms with Crippen LogP contribution in [0.2, 0.25) is 0 Å². The Morgan fingerprint density at radius 3 is 2.80 bits per heavy atom. The minimum absolute atomic E-state index is 0.559. The lowest BCUT2D eigenvalue weighted by molar-refractivity contribution is 0.186. The van der Waals surface area contributed by atoms with Crippen LogP contribution < -0.4 is 5.73 Å². The monoisotopic (exact) mass is 269 g/mol. The van der Waals surface area contributed by atoms with Crippen molar-refractivity contribution < 1.29 is 4.74 Å². The molecule has 1 heterocycles. The van der Waals surface area contributed by atoms with Gasteiger partial charge in [0, 0.05) is 25.8 Å². The molecule has 0 aliphatic carbocycles. The number of ether oxygens (including phenoxy) is 1. The topological polar surface area (TPSA) is 64.0 Å². The van der Waals surface area contributed by atoms with Crippen molar-refractivity contribution in [2.24, 2.45) is 0 Å². The number of nitriles is 1. The van der Waals surface area contributed by atoms with Crippen molar-refractivity contribution >= 4 is 5.69 Å². The maximum Gasteiger partial charge on any atom is 0.122 e. The van der Waals surface area contributed by atoms with Crippen molar-refractivity contribution in [3.63, 3.8) is 0 Å². The SMILES string of the molecule is COCCn1c(C#N)cc(N)c1Cc1cccc(C)c1. The minimum Gasteiger partial charge on any atom is -0.397 e. The molecule has 0 radical (unpaired) electrons. The van der Waals surface area contributed by atoms with Gasteiger partial charge in [-0.25, -0.2) is 0 Å². The fraction of sp³-hybridized carbons (Fsp3) is 0.312. The van der Waals surface area contributed by atoms with Crippen LogP contribution >= 0.6 is 0 Å². The van der Waals surface area contributed by atoms with Crippen LogP contribution in [0, 0.1) is 18.3 Å². The number of rotatable bonds is 5. The molecular weight excluding hydrogens is 250 g/mol. The molecule has 0 bridgehead atoms. The molecular formula is C16H19N3O. The molecule has 0 atom stereocenters. The highest BCUT2D eigenvalue weighted by molar-refractivity contribution is 5.52. The minimum atomic E-state index is 0.559. The summed E-state index contributed by atoms with van der Waals surface area (Å²) in [5.41, 5.74) is 10.7. The number of aromatic nitrogens is 1. The van der Waals surface area contributed by atoms with Gasteiger partial charge in [0.15, 0.2) is 0 Å². The first-order valence-corrected chi connectivity index (χ1v) is 6.58. The zero-order valence-electron chi connectivity index (χ0n) is 11.9. The highest BCUT2D eigenvalue weighted by Gasteiger charge is 2.13. The molecule has 20 heavy (non-hydrogen) atoms. The van der Waals surface area contributed by atoms with E-state index in [0.717, 1.165) is 12.1 Å². The molecule has 0 aliphatic rings. The summed E-state index contributed by atoms with van der Waals surface area (Å²) in [6.45, 7) is 3.26. The van der Waals surface area contributed by atoms with Crippen LogP contribution in [0.3, 0.4) is 0 Å². The largest absolute Gasteiger partial charge is 0.397 e. The summed E-state index contributed by atoms with van der Waals surface area (Å²) < 4.78 is 7.05. The predicted molar refractivity (Wildman–Crippen MR) is 79.4 cm³/mol. The molecule has 2 N–H and O–H groups in total. The fourth-order valence-electron chi connectivity index (χ4n) is 2.35. The molecule has 2 rings (SSSR count). The molecule has 0 saturated carbocycles. The molecule has 0 spiro atoms. The average molecular weight is 269 g/mol. The van der Waals surface area contributed by atoms with Gasteiger partial charge in [-0.05, 0) is 18.6 Å². The van der Waals surface area contributed by atoms with E-state index in [4.69, 9.17) is 10.5 Å². The van der Waals surface area contributed by atoms with Crippen LogP contribution in [-0.4, -0.2) is 18.3 Å². The van der Waals surface area contributed by atoms with Crippen molar-refractivity contribution in [1.82, 2.24) is 4.57 Å². The van der Waals surface area contributed by atoms with Gasteiger partial charge in [-0.2, -0.15) is 5.26 Å². The number of hydrogen-bond acceptors (Lipinski definition) is 3. The van der Waals surface area contributed by atoms with Crippen LogP contribution in [0.4, 0.5) is 5.69 Å². The van der Waals surface area contributed by atoms with Crippen molar-refractivity contribution in [1.29, 1.82) is 5.26 Å². The van der Waals surface area contributed by atoms with Gasteiger partial charge in [0.1, 0.15) is 11.8 Å². The molecule has 4 heteroatoms. The van der Waals surface area contributed by atoms with Crippen LogP contribution in [0.1, 0.15) is 22.5 Å². The average Bonchev–Trinajstić information content (AvgIpc) is 2.73. The van der Waals surface area contributed by atoms with Crippen molar-refractivity contribution in [2.75, 3.05) is 19.5 Å². The third-order valence-electron chi connectivity index (χ3n) is 3.33. The first kappa shape index (κ1) is 14.2. The van der Waals surface area contributed by atoms with Crippen LogP contribution in [0.25, 0.3) is 0 Å². The molecule has 2 aromatic rings. The third-order valence-corrected chi connectivity index (χ3v) is 3.33.